The van der Waals surface area contributed by atoms with Crippen molar-refractivity contribution in [3.63, 3.8) is 0 Å². The van der Waals surface area contributed by atoms with Gasteiger partial charge in [-0.05, 0) is 6.92 Å². The number of hydrogen-bond acceptors (Lipinski definition) is 4. The second kappa shape index (κ2) is 3.55. The number of thiazole rings is 1. The van der Waals surface area contributed by atoms with Crippen molar-refractivity contribution in [1.82, 2.24) is 10.3 Å². The van der Waals surface area contributed by atoms with Gasteiger partial charge >= 0.3 is 0 Å². The lowest BCUT2D eigenvalue weighted by atomic mass is 9.95. The quantitative estimate of drug-likeness (QED) is 0.731. The lowest BCUT2D eigenvalue weighted by molar-refractivity contribution is -0.121. The highest BCUT2D eigenvalue weighted by atomic mass is 32.1. The van der Waals surface area contributed by atoms with Crippen LogP contribution in [0, 0.1) is 6.92 Å². The van der Waals surface area contributed by atoms with E-state index < -0.39 is 0 Å². The van der Waals surface area contributed by atoms with Gasteiger partial charge in [-0.2, -0.15) is 0 Å². The van der Waals surface area contributed by atoms with E-state index >= 15 is 0 Å². The Hall–Kier alpha value is -0.740. The van der Waals surface area contributed by atoms with E-state index in [2.05, 4.69) is 10.3 Å². The molecule has 0 spiro atoms. The molecule has 1 atom stereocenters. The molecule has 1 aliphatic rings. The number of nitrogens with one attached hydrogen (secondary N) is 1. The van der Waals surface area contributed by atoms with E-state index in [0.717, 1.165) is 23.7 Å². The van der Waals surface area contributed by atoms with Gasteiger partial charge < -0.3 is 5.32 Å². The standard InChI is InChI=1S/C9H12N2OS/c1-6-9(13-5-11-6)7-4-10-3-2-8(7)12/h5,7,10H,2-4H2,1H3. The molecule has 1 aliphatic heterocycles. The monoisotopic (exact) mass is 196 g/mol. The lowest BCUT2D eigenvalue weighted by Gasteiger charge is -2.20. The van der Waals surface area contributed by atoms with Crippen LogP contribution in [0.1, 0.15) is 22.9 Å². The number of piperidine rings is 1. The van der Waals surface area contributed by atoms with Crippen molar-refractivity contribution < 1.29 is 4.79 Å². The van der Waals surface area contributed by atoms with E-state index in [1.165, 1.54) is 0 Å². The largest absolute Gasteiger partial charge is 0.315 e. The van der Waals surface area contributed by atoms with Crippen molar-refractivity contribution in [3.8, 4) is 0 Å². The van der Waals surface area contributed by atoms with E-state index in [-0.39, 0.29) is 5.92 Å². The Bertz CT molecular complexity index is 321. The summed E-state index contributed by atoms with van der Waals surface area (Å²) in [7, 11) is 0. The molecule has 1 saturated heterocycles. The minimum absolute atomic E-state index is 0.0567. The Morgan fingerprint density at radius 3 is 3.15 bits per heavy atom. The molecule has 0 aromatic carbocycles. The summed E-state index contributed by atoms with van der Waals surface area (Å²) < 4.78 is 0. The van der Waals surface area contributed by atoms with Crippen LogP contribution < -0.4 is 5.32 Å². The molecule has 1 aromatic rings. The van der Waals surface area contributed by atoms with E-state index in [1.54, 1.807) is 11.3 Å². The van der Waals surface area contributed by atoms with Crippen LogP contribution in [-0.4, -0.2) is 23.9 Å². The first-order valence-electron chi connectivity index (χ1n) is 4.42. The lowest BCUT2D eigenvalue weighted by Crippen LogP contribution is -2.35. The maximum atomic E-state index is 11.6. The average molecular weight is 196 g/mol. The van der Waals surface area contributed by atoms with Crippen molar-refractivity contribution in [1.29, 1.82) is 0 Å². The number of ketones is 1. The van der Waals surface area contributed by atoms with Crippen LogP contribution in [-0.2, 0) is 4.79 Å². The molecule has 2 heterocycles. The first-order chi connectivity index (χ1) is 6.29. The third-order valence-corrected chi connectivity index (χ3v) is 3.43. The molecule has 4 heteroatoms. The Balaban J connectivity index is 2.24. The van der Waals surface area contributed by atoms with Gasteiger partial charge in [-0.15, -0.1) is 11.3 Å². The van der Waals surface area contributed by atoms with Gasteiger partial charge in [-0.1, -0.05) is 0 Å². The number of hydrogen-bond donors (Lipinski definition) is 1. The number of carbonyl (C=O) groups is 1. The molecule has 0 saturated carbocycles. The average Bonchev–Trinajstić information content (AvgIpc) is 2.52. The van der Waals surface area contributed by atoms with Crippen molar-refractivity contribution in [2.75, 3.05) is 13.1 Å². The van der Waals surface area contributed by atoms with Gasteiger partial charge in [0, 0.05) is 24.4 Å². The smallest absolute Gasteiger partial charge is 0.143 e. The summed E-state index contributed by atoms with van der Waals surface area (Å²) in [4.78, 5) is 16.9. The summed E-state index contributed by atoms with van der Waals surface area (Å²) in [6, 6.07) is 0. The molecule has 1 aromatic heterocycles. The fourth-order valence-electron chi connectivity index (χ4n) is 1.63. The van der Waals surface area contributed by atoms with Gasteiger partial charge in [0.25, 0.3) is 0 Å². The zero-order valence-electron chi connectivity index (χ0n) is 7.54. The summed E-state index contributed by atoms with van der Waals surface area (Å²) in [5, 5.41) is 3.24. The molecule has 13 heavy (non-hydrogen) atoms. The molecular weight excluding hydrogens is 184 g/mol. The van der Waals surface area contributed by atoms with Gasteiger partial charge in [0.1, 0.15) is 5.78 Å². The number of nitrogens with zero attached hydrogens (tertiary/aromatic N) is 1. The molecule has 0 bridgehead atoms. The third-order valence-electron chi connectivity index (χ3n) is 2.38. The summed E-state index contributed by atoms with van der Waals surface area (Å²) in [5.41, 5.74) is 2.82. The van der Waals surface area contributed by atoms with Crippen LogP contribution in [0.2, 0.25) is 0 Å². The number of aromatic nitrogens is 1. The maximum absolute atomic E-state index is 11.6. The fourth-order valence-corrected chi connectivity index (χ4v) is 2.56. The molecule has 1 fully saturated rings. The number of aryl methyl sites for hydroxylation is 1. The van der Waals surface area contributed by atoms with Crippen LogP contribution in [0.15, 0.2) is 5.51 Å². The molecule has 70 valence electrons. The van der Waals surface area contributed by atoms with Gasteiger partial charge in [0.2, 0.25) is 0 Å². The number of rotatable bonds is 1. The zero-order valence-corrected chi connectivity index (χ0v) is 8.36. The second-order valence-electron chi connectivity index (χ2n) is 3.28. The number of Topliss-reactive ketones (excluding diaryl/α,β-unsaturated/α-hetero) is 1. The van der Waals surface area contributed by atoms with Gasteiger partial charge in [-0.3, -0.25) is 4.79 Å². The Kier molecular flexibility index (Phi) is 2.42. The van der Waals surface area contributed by atoms with Gasteiger partial charge in [0.15, 0.2) is 0 Å². The van der Waals surface area contributed by atoms with Crippen molar-refractivity contribution in [2.24, 2.45) is 0 Å². The molecule has 2 rings (SSSR count). The predicted molar refractivity (Wildman–Crippen MR) is 52.1 cm³/mol. The van der Waals surface area contributed by atoms with Crippen LogP contribution in [0.4, 0.5) is 0 Å². The normalized spacial score (nSPS) is 23.5. The van der Waals surface area contributed by atoms with Crippen LogP contribution in [0.25, 0.3) is 0 Å². The van der Waals surface area contributed by atoms with E-state index in [9.17, 15) is 4.79 Å². The summed E-state index contributed by atoms with van der Waals surface area (Å²) in [6.07, 6.45) is 0.655. The van der Waals surface area contributed by atoms with Gasteiger partial charge in [0.05, 0.1) is 17.1 Å². The highest BCUT2D eigenvalue weighted by Gasteiger charge is 2.26. The first-order valence-corrected chi connectivity index (χ1v) is 5.30. The topological polar surface area (TPSA) is 42.0 Å². The summed E-state index contributed by atoms with van der Waals surface area (Å²) >= 11 is 1.59. The second-order valence-corrected chi connectivity index (χ2v) is 4.16. The zero-order chi connectivity index (χ0) is 9.26. The van der Waals surface area contributed by atoms with Crippen LogP contribution in [0.3, 0.4) is 0 Å². The van der Waals surface area contributed by atoms with E-state index in [1.807, 2.05) is 12.4 Å². The summed E-state index contributed by atoms with van der Waals surface area (Å²) in [5.74, 6) is 0.410. The highest BCUT2D eigenvalue weighted by molar-refractivity contribution is 7.10. The first kappa shape index (κ1) is 8.84. The van der Waals surface area contributed by atoms with Gasteiger partial charge in [-0.25, -0.2) is 4.98 Å². The highest BCUT2D eigenvalue weighted by Crippen LogP contribution is 2.26. The van der Waals surface area contributed by atoms with Crippen LogP contribution >= 0.6 is 11.3 Å². The SMILES string of the molecule is Cc1ncsc1C1CNCCC1=O. The molecule has 0 amide bonds. The minimum atomic E-state index is 0.0567. The molecule has 0 aliphatic carbocycles. The Morgan fingerprint density at radius 1 is 1.69 bits per heavy atom. The van der Waals surface area contributed by atoms with E-state index in [4.69, 9.17) is 0 Å². The van der Waals surface area contributed by atoms with Crippen molar-refractivity contribution in [2.45, 2.75) is 19.3 Å². The molecule has 3 nitrogen and oxygen atoms in total. The molecular formula is C9H12N2OS. The number of carbonyl (C=O) groups excluding carboxylic acids is 1. The van der Waals surface area contributed by atoms with Crippen molar-refractivity contribution >= 4 is 17.1 Å². The Morgan fingerprint density at radius 2 is 2.54 bits per heavy atom. The Labute approximate surface area is 81.2 Å². The fraction of sp³-hybridized carbons (Fsp3) is 0.556. The molecule has 1 N–H and O–H groups in total. The summed E-state index contributed by atoms with van der Waals surface area (Å²) in [6.45, 7) is 3.57. The van der Waals surface area contributed by atoms with Crippen LogP contribution in [0.5, 0.6) is 0 Å². The van der Waals surface area contributed by atoms with Crippen molar-refractivity contribution in [3.05, 3.63) is 16.1 Å². The van der Waals surface area contributed by atoms with E-state index in [0.29, 0.717) is 12.2 Å². The third kappa shape index (κ3) is 1.64. The predicted octanol–water partition coefficient (Wildman–Crippen LogP) is 1.10. The molecule has 1 unspecified atom stereocenters. The molecule has 0 radical (unpaired) electrons. The maximum Gasteiger partial charge on any atom is 0.143 e. The minimum Gasteiger partial charge on any atom is -0.315 e.